The van der Waals surface area contributed by atoms with Gasteiger partial charge in [0.05, 0.1) is 31.5 Å². The molecule has 2 aromatic heterocycles. The van der Waals surface area contributed by atoms with Crippen LogP contribution in [0.2, 0.25) is 0 Å². The molecule has 2 aromatic carbocycles. The number of nitrogens with one attached hydrogen (secondary N) is 1. The molecule has 0 unspecified atom stereocenters. The third kappa shape index (κ3) is 4.45. The largest absolute Gasteiger partial charge is 0.493 e. The Morgan fingerprint density at radius 3 is 2.79 bits per heavy atom. The maximum Gasteiger partial charge on any atom is 0.337 e. The van der Waals surface area contributed by atoms with E-state index in [1.165, 1.54) is 12.7 Å². The topological polar surface area (TPSA) is 82.5 Å². The van der Waals surface area contributed by atoms with E-state index in [1.807, 2.05) is 41.3 Å². The number of hydrogen-bond donors (Lipinski definition) is 1. The Balaban J connectivity index is 1.31. The van der Waals surface area contributed by atoms with Gasteiger partial charge in [-0.2, -0.15) is 0 Å². The summed E-state index contributed by atoms with van der Waals surface area (Å²) in [5, 5.41) is 5.87. The molecule has 0 radical (unpaired) electrons. The predicted molar refractivity (Wildman–Crippen MR) is 131 cm³/mol. The number of hydrogen-bond acceptors (Lipinski definition) is 6. The number of methoxy groups -OCH3 is 1. The van der Waals surface area contributed by atoms with Gasteiger partial charge in [-0.15, -0.1) is 11.3 Å². The highest BCUT2D eigenvalue weighted by Gasteiger charge is 2.17. The second kappa shape index (κ2) is 9.15. The number of ether oxygens (including phenoxy) is 2. The molecule has 0 fully saturated rings. The van der Waals surface area contributed by atoms with Crippen LogP contribution in [0.15, 0.2) is 60.1 Å². The molecular formula is C26H23N3O4S. The maximum atomic E-state index is 13.0. The van der Waals surface area contributed by atoms with Crippen LogP contribution in [0.5, 0.6) is 5.75 Å². The van der Waals surface area contributed by atoms with E-state index in [-0.39, 0.29) is 5.91 Å². The first-order chi connectivity index (χ1) is 16.5. The Bertz CT molecular complexity index is 1370. The minimum absolute atomic E-state index is 0.229. The summed E-state index contributed by atoms with van der Waals surface area (Å²) in [5.74, 6) is 0.310. The molecule has 0 atom stereocenters. The minimum Gasteiger partial charge on any atom is -0.493 e. The van der Waals surface area contributed by atoms with E-state index in [2.05, 4.69) is 11.4 Å². The third-order valence-corrected chi connectivity index (χ3v) is 6.59. The first-order valence-electron chi connectivity index (χ1n) is 10.9. The summed E-state index contributed by atoms with van der Waals surface area (Å²) in [6.07, 6.45) is 2.87. The summed E-state index contributed by atoms with van der Waals surface area (Å²) in [7, 11) is 1.33. The number of benzene rings is 2. The van der Waals surface area contributed by atoms with Crippen molar-refractivity contribution in [2.75, 3.05) is 19.0 Å². The van der Waals surface area contributed by atoms with Gasteiger partial charge in [0, 0.05) is 29.2 Å². The van der Waals surface area contributed by atoms with Crippen molar-refractivity contribution in [3.05, 3.63) is 88.2 Å². The summed E-state index contributed by atoms with van der Waals surface area (Å²) in [6.45, 7) is 3.18. The van der Waals surface area contributed by atoms with E-state index in [1.54, 1.807) is 35.6 Å². The van der Waals surface area contributed by atoms with Gasteiger partial charge in [0.2, 0.25) is 0 Å². The highest BCUT2D eigenvalue weighted by Crippen LogP contribution is 2.32. The average molecular weight is 474 g/mol. The van der Waals surface area contributed by atoms with Crippen LogP contribution in [0, 0.1) is 6.92 Å². The van der Waals surface area contributed by atoms with Gasteiger partial charge in [-0.25, -0.2) is 9.78 Å². The first-order valence-corrected chi connectivity index (χ1v) is 11.7. The number of nitrogens with zero attached hydrogens (tertiary/aromatic N) is 2. The fraction of sp³-hybridized carbons (Fsp3) is 0.192. The van der Waals surface area contributed by atoms with E-state index < -0.39 is 5.97 Å². The average Bonchev–Trinajstić information content (AvgIpc) is 3.58. The normalized spacial score (nSPS) is 12.2. The molecule has 0 spiro atoms. The second-order valence-corrected chi connectivity index (χ2v) is 8.98. The number of aromatic nitrogens is 2. The molecule has 1 N–H and O–H groups in total. The van der Waals surface area contributed by atoms with E-state index in [0.717, 1.165) is 40.6 Å². The second-order valence-electron chi connectivity index (χ2n) is 8.12. The van der Waals surface area contributed by atoms with Crippen LogP contribution in [0.25, 0.3) is 10.6 Å². The Hall–Kier alpha value is -3.91. The molecule has 3 heterocycles. The van der Waals surface area contributed by atoms with Crippen LogP contribution in [0.1, 0.15) is 37.7 Å². The van der Waals surface area contributed by atoms with Crippen molar-refractivity contribution in [1.29, 1.82) is 0 Å². The molecule has 34 heavy (non-hydrogen) atoms. The summed E-state index contributed by atoms with van der Waals surface area (Å²) < 4.78 is 12.2. The Labute approximate surface area is 201 Å². The van der Waals surface area contributed by atoms with Gasteiger partial charge in [0.15, 0.2) is 0 Å². The molecule has 7 nitrogen and oxygen atoms in total. The molecule has 1 aliphatic heterocycles. The van der Waals surface area contributed by atoms with E-state index in [9.17, 15) is 9.59 Å². The van der Waals surface area contributed by atoms with Crippen molar-refractivity contribution in [2.24, 2.45) is 0 Å². The molecular weight excluding hydrogens is 450 g/mol. The first kappa shape index (κ1) is 21.9. The lowest BCUT2D eigenvalue weighted by Gasteiger charge is -2.09. The number of thiazole rings is 1. The molecule has 1 aliphatic rings. The monoisotopic (exact) mass is 473 g/mol. The highest BCUT2D eigenvalue weighted by atomic mass is 32.1. The maximum absolute atomic E-state index is 13.0. The molecule has 172 valence electrons. The number of esters is 1. The third-order valence-electron chi connectivity index (χ3n) is 5.65. The Morgan fingerprint density at radius 2 is 2.00 bits per heavy atom. The van der Waals surface area contributed by atoms with Gasteiger partial charge in [-0.1, -0.05) is 0 Å². The number of fused-ring (bicyclic) bond motifs is 1. The molecule has 8 heteroatoms. The van der Waals surface area contributed by atoms with Crippen molar-refractivity contribution in [1.82, 2.24) is 9.55 Å². The van der Waals surface area contributed by atoms with Crippen molar-refractivity contribution in [2.45, 2.75) is 19.9 Å². The van der Waals surface area contributed by atoms with Gasteiger partial charge >= 0.3 is 5.97 Å². The SMILES string of the molecule is COC(=O)c1ccc(NC(=O)c2cc(C)cn2Cc2csc(-c3ccc4c(c3)CCO4)n2)cc1. The van der Waals surface area contributed by atoms with Crippen LogP contribution in [-0.2, 0) is 17.7 Å². The predicted octanol–water partition coefficient (Wildman–Crippen LogP) is 4.94. The zero-order valence-corrected chi connectivity index (χ0v) is 19.6. The van der Waals surface area contributed by atoms with Crippen LogP contribution >= 0.6 is 11.3 Å². The molecule has 1 amide bonds. The number of anilines is 1. The minimum atomic E-state index is -0.418. The van der Waals surface area contributed by atoms with Gasteiger partial charge < -0.3 is 19.4 Å². The van der Waals surface area contributed by atoms with Crippen LogP contribution < -0.4 is 10.1 Å². The van der Waals surface area contributed by atoms with E-state index >= 15 is 0 Å². The van der Waals surface area contributed by atoms with Crippen molar-refractivity contribution in [3.63, 3.8) is 0 Å². The number of carbonyl (C=O) groups is 2. The van der Waals surface area contributed by atoms with Gasteiger partial charge in [0.1, 0.15) is 16.5 Å². The highest BCUT2D eigenvalue weighted by molar-refractivity contribution is 7.13. The summed E-state index contributed by atoms with van der Waals surface area (Å²) in [5.41, 5.74) is 5.74. The molecule has 0 saturated carbocycles. The molecule has 0 bridgehead atoms. The van der Waals surface area contributed by atoms with Gasteiger partial charge in [0.25, 0.3) is 5.91 Å². The van der Waals surface area contributed by atoms with Gasteiger partial charge in [-0.05, 0) is 66.6 Å². The molecule has 0 aliphatic carbocycles. The summed E-state index contributed by atoms with van der Waals surface area (Å²) in [4.78, 5) is 29.4. The summed E-state index contributed by atoms with van der Waals surface area (Å²) >= 11 is 1.59. The smallest absolute Gasteiger partial charge is 0.337 e. The van der Waals surface area contributed by atoms with Crippen molar-refractivity contribution >= 4 is 28.9 Å². The van der Waals surface area contributed by atoms with Crippen LogP contribution in [0.4, 0.5) is 5.69 Å². The molecule has 0 saturated heterocycles. The Morgan fingerprint density at radius 1 is 1.18 bits per heavy atom. The van der Waals surface area contributed by atoms with Crippen LogP contribution in [-0.4, -0.2) is 35.1 Å². The lowest BCUT2D eigenvalue weighted by atomic mass is 10.1. The summed E-state index contributed by atoms with van der Waals surface area (Å²) in [6, 6.07) is 14.6. The van der Waals surface area contributed by atoms with E-state index in [0.29, 0.717) is 23.5 Å². The zero-order chi connectivity index (χ0) is 23.7. The number of amides is 1. The fourth-order valence-electron chi connectivity index (χ4n) is 3.99. The lowest BCUT2D eigenvalue weighted by Crippen LogP contribution is -2.17. The number of aryl methyl sites for hydroxylation is 1. The number of rotatable bonds is 6. The Kier molecular flexibility index (Phi) is 5.90. The quantitative estimate of drug-likeness (QED) is 0.401. The fourth-order valence-corrected chi connectivity index (χ4v) is 4.79. The van der Waals surface area contributed by atoms with Crippen LogP contribution in [0.3, 0.4) is 0 Å². The lowest BCUT2D eigenvalue weighted by molar-refractivity contribution is 0.0600. The van der Waals surface area contributed by atoms with E-state index in [4.69, 9.17) is 14.5 Å². The van der Waals surface area contributed by atoms with Crippen molar-refractivity contribution < 1.29 is 19.1 Å². The van der Waals surface area contributed by atoms with Gasteiger partial charge in [-0.3, -0.25) is 4.79 Å². The molecule has 5 rings (SSSR count). The number of carbonyl (C=O) groups excluding carboxylic acids is 2. The standard InChI is InChI=1S/C26H23N3O4S/c1-16-11-22(24(30)27-20-6-3-17(4-7-20)26(31)32-2)29(13-16)14-21-15-34-25(28-21)19-5-8-23-18(12-19)9-10-33-23/h3-8,11-13,15H,9-10,14H2,1-2H3,(H,27,30). The molecule has 4 aromatic rings. The van der Waals surface area contributed by atoms with Crippen molar-refractivity contribution in [3.8, 4) is 16.3 Å². The zero-order valence-electron chi connectivity index (χ0n) is 18.8.